The normalized spacial score (nSPS) is 15.0. The molecule has 1 aliphatic heterocycles. The average molecular weight is 515 g/mol. The maximum absolute atomic E-state index is 13.9. The van der Waals surface area contributed by atoms with Gasteiger partial charge in [0, 0.05) is 33.8 Å². The Labute approximate surface area is 208 Å². The number of thiophene rings is 1. The van der Waals surface area contributed by atoms with Gasteiger partial charge in [0.2, 0.25) is 0 Å². The zero-order valence-electron chi connectivity index (χ0n) is 17.8. The molecule has 5 nitrogen and oxygen atoms in total. The van der Waals surface area contributed by atoms with Crippen LogP contribution in [-0.4, -0.2) is 23.3 Å². The van der Waals surface area contributed by atoms with Crippen molar-refractivity contribution in [1.29, 1.82) is 0 Å². The Balaban J connectivity index is 1.59. The summed E-state index contributed by atoms with van der Waals surface area (Å²) in [5.41, 5.74) is 2.77. The minimum atomic E-state index is -0.448. The number of aromatic nitrogens is 1. The molecule has 0 bridgehead atoms. The summed E-state index contributed by atoms with van der Waals surface area (Å²) < 4.78 is 20.1. The second-order valence-corrected chi connectivity index (χ2v) is 9.80. The first-order chi connectivity index (χ1) is 16.3. The van der Waals surface area contributed by atoms with Crippen molar-refractivity contribution in [3.63, 3.8) is 0 Å². The van der Waals surface area contributed by atoms with Gasteiger partial charge >= 0.3 is 0 Å². The summed E-state index contributed by atoms with van der Waals surface area (Å²) in [6.45, 7) is 1.79. The highest BCUT2D eigenvalue weighted by Crippen LogP contribution is 2.40. The van der Waals surface area contributed by atoms with Gasteiger partial charge in [0.25, 0.3) is 5.91 Å². The number of nitrogens with one attached hydrogen (secondary N) is 1. The van der Waals surface area contributed by atoms with Gasteiger partial charge in [-0.05, 0) is 55.0 Å². The van der Waals surface area contributed by atoms with E-state index in [9.17, 15) is 14.0 Å². The van der Waals surface area contributed by atoms with Gasteiger partial charge in [-0.15, -0.1) is 11.3 Å². The fourth-order valence-electron chi connectivity index (χ4n) is 4.15. The molecule has 5 rings (SSSR count). The van der Waals surface area contributed by atoms with Gasteiger partial charge in [-0.25, -0.2) is 4.39 Å². The van der Waals surface area contributed by atoms with Crippen molar-refractivity contribution < 1.29 is 18.7 Å². The molecule has 0 fully saturated rings. The molecule has 4 aromatic rings. The van der Waals surface area contributed by atoms with E-state index in [1.807, 2.05) is 0 Å². The summed E-state index contributed by atoms with van der Waals surface area (Å²) in [5, 5.41) is 3.90. The smallest absolute Gasteiger partial charge is 0.262 e. The average Bonchev–Trinajstić information content (AvgIpc) is 3.19. The highest BCUT2D eigenvalue weighted by atomic mass is 35.5. The van der Waals surface area contributed by atoms with E-state index in [1.54, 1.807) is 36.5 Å². The Bertz CT molecular complexity index is 1450. The van der Waals surface area contributed by atoms with E-state index < -0.39 is 17.8 Å². The van der Waals surface area contributed by atoms with Gasteiger partial charge < -0.3 is 10.1 Å². The van der Waals surface area contributed by atoms with Crippen molar-refractivity contribution in [2.45, 2.75) is 19.4 Å². The van der Waals surface area contributed by atoms with Crippen LogP contribution in [0.5, 0.6) is 5.75 Å². The molecule has 0 saturated heterocycles. The van der Waals surface area contributed by atoms with Crippen molar-refractivity contribution in [3.05, 3.63) is 80.5 Å². The van der Waals surface area contributed by atoms with Gasteiger partial charge in [-0.3, -0.25) is 14.6 Å². The van der Waals surface area contributed by atoms with Crippen LogP contribution in [0.4, 0.5) is 4.39 Å². The first-order valence-electron chi connectivity index (χ1n) is 10.4. The summed E-state index contributed by atoms with van der Waals surface area (Å²) >= 11 is 13.6. The maximum Gasteiger partial charge on any atom is 0.262 e. The number of hydrogen-bond donors (Lipinski definition) is 1. The lowest BCUT2D eigenvalue weighted by Crippen LogP contribution is -2.32. The molecule has 2 aromatic carbocycles. The van der Waals surface area contributed by atoms with Gasteiger partial charge in [0.05, 0.1) is 28.4 Å². The number of Topliss-reactive ketones (excluding diaryl/α,β-unsaturated/α-hetero) is 1. The van der Waals surface area contributed by atoms with Crippen LogP contribution in [0.1, 0.15) is 45.0 Å². The zero-order valence-corrected chi connectivity index (χ0v) is 20.2. The van der Waals surface area contributed by atoms with Crippen molar-refractivity contribution in [1.82, 2.24) is 10.3 Å². The van der Waals surface area contributed by atoms with E-state index in [0.29, 0.717) is 44.6 Å². The quantitative estimate of drug-likeness (QED) is 0.302. The van der Waals surface area contributed by atoms with Crippen LogP contribution in [-0.2, 0) is 0 Å². The number of amides is 1. The standard InChI is InChI=1S/C25H17Cl2FN2O3S/c1-12(31)21-22-23(17(4-6-29-22)13-8-14(26)10-15(27)9-13)34-24(21)25(32)30-19-5-7-33-20-3-2-16(28)11-18(19)20/h2-4,6,8-11,19H,5,7H2,1H3,(H,30,32)/t19-/m0/s1. The van der Waals surface area contributed by atoms with E-state index in [4.69, 9.17) is 27.9 Å². The predicted octanol–water partition coefficient (Wildman–Crippen LogP) is 6.87. The summed E-state index contributed by atoms with van der Waals surface area (Å²) in [6.07, 6.45) is 2.07. The van der Waals surface area contributed by atoms with Crippen molar-refractivity contribution in [2.75, 3.05) is 6.61 Å². The molecule has 1 amide bonds. The van der Waals surface area contributed by atoms with Crippen LogP contribution in [0.2, 0.25) is 10.0 Å². The van der Waals surface area contributed by atoms with Crippen LogP contribution < -0.4 is 10.1 Å². The number of fused-ring (bicyclic) bond motifs is 2. The third kappa shape index (κ3) is 4.15. The van der Waals surface area contributed by atoms with E-state index >= 15 is 0 Å². The summed E-state index contributed by atoms with van der Waals surface area (Å²) in [6, 6.07) is 10.7. The molecular formula is C25H17Cl2FN2O3S. The molecule has 0 spiro atoms. The third-order valence-electron chi connectivity index (χ3n) is 5.62. The highest BCUT2D eigenvalue weighted by molar-refractivity contribution is 7.21. The number of ether oxygens (including phenoxy) is 1. The molecule has 0 aliphatic carbocycles. The van der Waals surface area contributed by atoms with Crippen LogP contribution in [0.3, 0.4) is 0 Å². The molecule has 3 heterocycles. The SMILES string of the molecule is CC(=O)c1c(C(=O)N[C@H]2CCOc3ccc(F)cc32)sc2c(-c3cc(Cl)cc(Cl)c3)ccnc12. The second-order valence-electron chi connectivity index (χ2n) is 7.90. The van der Waals surface area contributed by atoms with Crippen molar-refractivity contribution in [2.24, 2.45) is 0 Å². The molecule has 172 valence electrons. The summed E-state index contributed by atoms with van der Waals surface area (Å²) in [7, 11) is 0. The predicted molar refractivity (Wildman–Crippen MR) is 132 cm³/mol. The molecule has 1 N–H and O–H groups in total. The number of carbonyl (C=O) groups is 2. The lowest BCUT2D eigenvalue weighted by Gasteiger charge is -2.26. The van der Waals surface area contributed by atoms with Gasteiger partial charge in [-0.2, -0.15) is 0 Å². The minimum Gasteiger partial charge on any atom is -0.493 e. The van der Waals surface area contributed by atoms with E-state index in [2.05, 4.69) is 10.3 Å². The second kappa shape index (κ2) is 8.98. The molecular weight excluding hydrogens is 498 g/mol. The Morgan fingerprint density at radius 3 is 2.65 bits per heavy atom. The number of halogens is 3. The number of rotatable bonds is 4. The highest BCUT2D eigenvalue weighted by Gasteiger charge is 2.29. The van der Waals surface area contributed by atoms with Crippen LogP contribution in [0, 0.1) is 5.82 Å². The zero-order chi connectivity index (χ0) is 24.0. The Hall–Kier alpha value is -3.00. The molecule has 1 atom stereocenters. The lowest BCUT2D eigenvalue weighted by molar-refractivity contribution is 0.0918. The first-order valence-corrected chi connectivity index (χ1v) is 12.0. The molecule has 0 radical (unpaired) electrons. The molecule has 2 aromatic heterocycles. The van der Waals surface area contributed by atoms with Crippen LogP contribution in [0.25, 0.3) is 21.3 Å². The van der Waals surface area contributed by atoms with E-state index in [0.717, 1.165) is 11.1 Å². The Morgan fingerprint density at radius 1 is 1.15 bits per heavy atom. The number of carbonyl (C=O) groups excluding carboxylic acids is 2. The number of hydrogen-bond acceptors (Lipinski definition) is 5. The maximum atomic E-state index is 13.9. The van der Waals surface area contributed by atoms with Crippen LogP contribution >= 0.6 is 34.5 Å². The van der Waals surface area contributed by atoms with Crippen LogP contribution in [0.15, 0.2) is 48.7 Å². The van der Waals surface area contributed by atoms with Crippen molar-refractivity contribution in [3.8, 4) is 16.9 Å². The van der Waals surface area contributed by atoms with Gasteiger partial charge in [0.1, 0.15) is 16.4 Å². The van der Waals surface area contributed by atoms with Gasteiger partial charge in [-0.1, -0.05) is 23.2 Å². The topological polar surface area (TPSA) is 68.3 Å². The number of pyridine rings is 1. The molecule has 0 saturated carbocycles. The fraction of sp³-hybridized carbons (Fsp3) is 0.160. The largest absolute Gasteiger partial charge is 0.493 e. The monoisotopic (exact) mass is 514 g/mol. The summed E-state index contributed by atoms with van der Waals surface area (Å²) in [5.74, 6) is -0.583. The fourth-order valence-corrected chi connectivity index (χ4v) is 5.92. The number of benzene rings is 2. The summed E-state index contributed by atoms with van der Waals surface area (Å²) in [4.78, 5) is 30.7. The number of nitrogens with zero attached hydrogens (tertiary/aromatic N) is 1. The number of ketones is 1. The third-order valence-corrected chi connectivity index (χ3v) is 7.27. The van der Waals surface area contributed by atoms with E-state index in [-0.39, 0.29) is 16.2 Å². The molecule has 1 aliphatic rings. The van der Waals surface area contributed by atoms with E-state index in [1.165, 1.54) is 30.4 Å². The Kier molecular flexibility index (Phi) is 6.02. The van der Waals surface area contributed by atoms with Crippen molar-refractivity contribution >= 4 is 56.4 Å². The molecule has 34 heavy (non-hydrogen) atoms. The van der Waals surface area contributed by atoms with Gasteiger partial charge in [0.15, 0.2) is 5.78 Å². The minimum absolute atomic E-state index is 0.249. The first kappa shape index (κ1) is 22.8. The molecule has 9 heteroatoms. The lowest BCUT2D eigenvalue weighted by atomic mass is 10.00. The molecule has 0 unspecified atom stereocenters. The Morgan fingerprint density at radius 2 is 1.91 bits per heavy atom.